The number of aromatic nitrogens is 1. The van der Waals surface area contributed by atoms with Crippen LogP contribution in [0.3, 0.4) is 0 Å². The molecule has 2 rings (SSSR count). The lowest BCUT2D eigenvalue weighted by Gasteiger charge is -2.45. The largest absolute Gasteiger partial charge is 0.373 e. The Morgan fingerprint density at radius 2 is 1.92 bits per heavy atom. The summed E-state index contributed by atoms with van der Waals surface area (Å²) in [4.78, 5) is 18.8. The second kappa shape index (κ2) is 8.63. The summed E-state index contributed by atoms with van der Waals surface area (Å²) in [5, 5.41) is 6.09. The molecule has 3 atom stereocenters. The molecule has 0 radical (unpaired) electrons. The number of nitrogens with one attached hydrogen (secondary N) is 2. The molecule has 6 heteroatoms. The zero-order valence-corrected chi connectivity index (χ0v) is 16.1. The maximum Gasteiger partial charge on any atom is 0.315 e. The van der Waals surface area contributed by atoms with E-state index in [-0.39, 0.29) is 29.8 Å². The van der Waals surface area contributed by atoms with Crippen LogP contribution < -0.4 is 10.6 Å². The first-order valence-corrected chi connectivity index (χ1v) is 9.16. The molecule has 140 valence electrons. The summed E-state index contributed by atoms with van der Waals surface area (Å²) >= 11 is 0. The molecule has 0 bridgehead atoms. The number of hydrogen-bond donors (Lipinski definition) is 2. The van der Waals surface area contributed by atoms with Crippen molar-refractivity contribution in [1.29, 1.82) is 0 Å². The van der Waals surface area contributed by atoms with Crippen molar-refractivity contribution in [3.05, 3.63) is 30.1 Å². The van der Waals surface area contributed by atoms with E-state index in [1.54, 1.807) is 12.4 Å². The lowest BCUT2D eigenvalue weighted by molar-refractivity contribution is -0.0947. The van der Waals surface area contributed by atoms with Gasteiger partial charge in [0.2, 0.25) is 0 Å². The summed E-state index contributed by atoms with van der Waals surface area (Å²) in [6, 6.07) is 3.74. The highest BCUT2D eigenvalue weighted by molar-refractivity contribution is 5.74. The van der Waals surface area contributed by atoms with Crippen molar-refractivity contribution < 1.29 is 9.53 Å². The Morgan fingerprint density at radius 1 is 1.32 bits per heavy atom. The molecule has 1 saturated heterocycles. The van der Waals surface area contributed by atoms with Crippen LogP contribution in [0.1, 0.15) is 52.6 Å². The van der Waals surface area contributed by atoms with Crippen LogP contribution in [-0.4, -0.2) is 53.3 Å². The minimum Gasteiger partial charge on any atom is -0.373 e. The van der Waals surface area contributed by atoms with E-state index in [1.165, 1.54) is 0 Å². The molecule has 6 nitrogen and oxygen atoms in total. The van der Waals surface area contributed by atoms with Crippen LogP contribution in [-0.2, 0) is 4.74 Å². The summed E-state index contributed by atoms with van der Waals surface area (Å²) in [6.45, 7) is 12.9. The second-order valence-corrected chi connectivity index (χ2v) is 7.54. The van der Waals surface area contributed by atoms with E-state index in [1.807, 2.05) is 12.1 Å². The maximum atomic E-state index is 12.4. The highest BCUT2D eigenvalue weighted by atomic mass is 16.5. The quantitative estimate of drug-likeness (QED) is 0.829. The number of carbonyl (C=O) groups is 1. The van der Waals surface area contributed by atoms with E-state index in [9.17, 15) is 4.79 Å². The third kappa shape index (κ3) is 5.68. The van der Waals surface area contributed by atoms with Crippen molar-refractivity contribution in [2.24, 2.45) is 0 Å². The van der Waals surface area contributed by atoms with Gasteiger partial charge in [0, 0.05) is 37.6 Å². The number of nitrogens with zero attached hydrogens (tertiary/aromatic N) is 2. The monoisotopic (exact) mass is 348 g/mol. The molecule has 0 unspecified atom stereocenters. The third-order valence-corrected chi connectivity index (χ3v) is 4.78. The predicted octanol–water partition coefficient (Wildman–Crippen LogP) is 2.72. The van der Waals surface area contributed by atoms with Crippen LogP contribution in [0.4, 0.5) is 4.79 Å². The van der Waals surface area contributed by atoms with Gasteiger partial charge in [-0.05, 0) is 51.8 Å². The minimum absolute atomic E-state index is 0.00505. The van der Waals surface area contributed by atoms with Crippen LogP contribution in [0.5, 0.6) is 0 Å². The summed E-state index contributed by atoms with van der Waals surface area (Å²) in [5.41, 5.74) is 0.949. The van der Waals surface area contributed by atoms with Crippen molar-refractivity contribution in [1.82, 2.24) is 20.5 Å². The maximum absolute atomic E-state index is 12.4. The van der Waals surface area contributed by atoms with Gasteiger partial charge in [0.25, 0.3) is 0 Å². The van der Waals surface area contributed by atoms with Crippen molar-refractivity contribution in [2.45, 2.75) is 64.8 Å². The van der Waals surface area contributed by atoms with E-state index < -0.39 is 0 Å². The van der Waals surface area contributed by atoms with Crippen molar-refractivity contribution in [2.75, 3.05) is 19.6 Å². The molecule has 1 aliphatic rings. The SMILES string of the molecule is CC[C@H](NC(=O)NCC(C)(C)N1C[C@@H](C)O[C@@H](C)C1)c1ccncc1. The van der Waals surface area contributed by atoms with Gasteiger partial charge in [-0.15, -0.1) is 0 Å². The average molecular weight is 348 g/mol. The highest BCUT2D eigenvalue weighted by Gasteiger charge is 2.33. The lowest BCUT2D eigenvalue weighted by atomic mass is 10.00. The van der Waals surface area contributed by atoms with Gasteiger partial charge in [0.15, 0.2) is 0 Å². The van der Waals surface area contributed by atoms with Crippen LogP contribution in [0, 0.1) is 0 Å². The van der Waals surface area contributed by atoms with Crippen LogP contribution in [0.2, 0.25) is 0 Å². The first kappa shape index (κ1) is 19.7. The molecule has 1 fully saturated rings. The number of urea groups is 1. The van der Waals surface area contributed by atoms with Gasteiger partial charge in [0.05, 0.1) is 18.2 Å². The Hall–Kier alpha value is -1.66. The fourth-order valence-electron chi connectivity index (χ4n) is 3.31. The van der Waals surface area contributed by atoms with Crippen LogP contribution >= 0.6 is 0 Å². The van der Waals surface area contributed by atoms with Gasteiger partial charge in [0.1, 0.15) is 0 Å². The molecule has 0 saturated carbocycles. The summed E-state index contributed by atoms with van der Waals surface area (Å²) in [6.07, 6.45) is 4.77. The van der Waals surface area contributed by atoms with Crippen LogP contribution in [0.15, 0.2) is 24.5 Å². The molecule has 0 spiro atoms. The molecule has 0 aliphatic carbocycles. The topological polar surface area (TPSA) is 66.5 Å². The van der Waals surface area contributed by atoms with Gasteiger partial charge >= 0.3 is 6.03 Å². The van der Waals surface area contributed by atoms with Gasteiger partial charge in [-0.2, -0.15) is 0 Å². The number of pyridine rings is 1. The normalized spacial score (nSPS) is 23.1. The minimum atomic E-state index is -0.133. The van der Waals surface area contributed by atoms with Crippen LogP contribution in [0.25, 0.3) is 0 Å². The van der Waals surface area contributed by atoms with E-state index in [4.69, 9.17) is 4.74 Å². The predicted molar refractivity (Wildman–Crippen MR) is 99.5 cm³/mol. The lowest BCUT2D eigenvalue weighted by Crippen LogP contribution is -2.59. The van der Waals surface area contributed by atoms with Gasteiger partial charge in [-0.25, -0.2) is 4.79 Å². The molecular weight excluding hydrogens is 316 g/mol. The number of amides is 2. The summed E-state index contributed by atoms with van der Waals surface area (Å²) in [7, 11) is 0. The number of ether oxygens (including phenoxy) is 1. The Labute approximate surface area is 151 Å². The second-order valence-electron chi connectivity index (χ2n) is 7.54. The fraction of sp³-hybridized carbons (Fsp3) is 0.684. The smallest absolute Gasteiger partial charge is 0.315 e. The molecule has 2 N–H and O–H groups in total. The molecule has 2 amide bonds. The molecule has 1 aliphatic heterocycles. The highest BCUT2D eigenvalue weighted by Crippen LogP contribution is 2.21. The first-order chi connectivity index (χ1) is 11.8. The third-order valence-electron chi connectivity index (χ3n) is 4.78. The molecule has 25 heavy (non-hydrogen) atoms. The first-order valence-electron chi connectivity index (χ1n) is 9.16. The zero-order valence-electron chi connectivity index (χ0n) is 16.1. The number of carbonyl (C=O) groups excluding carboxylic acids is 1. The zero-order chi connectivity index (χ0) is 18.4. The number of hydrogen-bond acceptors (Lipinski definition) is 4. The molecule has 2 heterocycles. The Bertz CT molecular complexity index is 540. The van der Waals surface area contributed by atoms with Crippen molar-refractivity contribution >= 4 is 6.03 Å². The van der Waals surface area contributed by atoms with Crippen molar-refractivity contribution in [3.8, 4) is 0 Å². The van der Waals surface area contributed by atoms with E-state index in [2.05, 4.69) is 55.1 Å². The summed E-state index contributed by atoms with van der Waals surface area (Å²) in [5.74, 6) is 0. The van der Waals surface area contributed by atoms with Crippen molar-refractivity contribution in [3.63, 3.8) is 0 Å². The number of rotatable bonds is 6. The van der Waals surface area contributed by atoms with Gasteiger partial charge in [-0.1, -0.05) is 6.92 Å². The molecule has 1 aromatic heterocycles. The Kier molecular flexibility index (Phi) is 6.79. The molecular formula is C19H32N4O2. The standard InChI is InChI=1S/C19H32N4O2/c1-6-17(16-7-9-20-10-8-16)22-18(24)21-13-19(4,5)23-11-14(2)25-15(3)12-23/h7-10,14-15,17H,6,11-13H2,1-5H3,(H2,21,22,24)/t14-,15+,17-/m0/s1. The Balaban J connectivity index is 1.87. The number of morpholine rings is 1. The van der Waals surface area contributed by atoms with E-state index >= 15 is 0 Å². The molecule has 1 aromatic rings. The van der Waals surface area contributed by atoms with Gasteiger partial charge < -0.3 is 15.4 Å². The van der Waals surface area contributed by atoms with E-state index in [0.29, 0.717) is 6.54 Å². The fourth-order valence-corrected chi connectivity index (χ4v) is 3.31. The Morgan fingerprint density at radius 3 is 2.48 bits per heavy atom. The molecule has 0 aromatic carbocycles. The summed E-state index contributed by atoms with van der Waals surface area (Å²) < 4.78 is 5.81. The van der Waals surface area contributed by atoms with Gasteiger partial charge in [-0.3, -0.25) is 9.88 Å². The van der Waals surface area contributed by atoms with E-state index in [0.717, 1.165) is 25.1 Å². The average Bonchev–Trinajstić information content (AvgIpc) is 2.58.